The number of rotatable bonds is 6. The van der Waals surface area contributed by atoms with Crippen LogP contribution in [0.4, 0.5) is 0 Å². The van der Waals surface area contributed by atoms with E-state index in [0.29, 0.717) is 5.75 Å². The fraction of sp³-hybridized carbons (Fsp3) is 0.235. The maximum absolute atomic E-state index is 9.44. The number of aromatic amines is 1. The highest BCUT2D eigenvalue weighted by Crippen LogP contribution is 2.17. The zero-order valence-corrected chi connectivity index (χ0v) is 12.2. The van der Waals surface area contributed by atoms with Gasteiger partial charge in [0.25, 0.3) is 0 Å². The lowest BCUT2D eigenvalue weighted by molar-refractivity contribution is 0.475. The first kappa shape index (κ1) is 14.4. The number of nitrogens with zero attached hydrogens (tertiary/aromatic N) is 1. The predicted molar refractivity (Wildman–Crippen MR) is 86.1 cm³/mol. The van der Waals surface area contributed by atoms with Crippen molar-refractivity contribution in [2.24, 2.45) is 0 Å². The summed E-state index contributed by atoms with van der Waals surface area (Å²) >= 11 is 0. The minimum atomic E-state index is 0.245. The van der Waals surface area contributed by atoms with Crippen LogP contribution in [-0.2, 0) is 12.8 Å². The third kappa shape index (κ3) is 3.56. The largest absolute Gasteiger partial charge is 0.508 e. The quantitative estimate of drug-likeness (QED) is 0.526. The molecule has 5 heteroatoms. The number of nitrogens with one attached hydrogen (secondary N) is 2. The topological polar surface area (TPSA) is 81.2 Å². The highest BCUT2D eigenvalue weighted by Gasteiger charge is 2.03. The number of phenols is 2. The molecule has 3 rings (SSSR count). The summed E-state index contributed by atoms with van der Waals surface area (Å²) in [5, 5.41) is 22.0. The molecule has 0 bridgehead atoms. The van der Waals surface area contributed by atoms with E-state index in [2.05, 4.69) is 15.3 Å². The summed E-state index contributed by atoms with van der Waals surface area (Å²) < 4.78 is 0. The first-order valence-electron chi connectivity index (χ1n) is 7.37. The van der Waals surface area contributed by atoms with Crippen molar-refractivity contribution in [3.8, 4) is 11.5 Å². The van der Waals surface area contributed by atoms with Crippen LogP contribution < -0.4 is 5.32 Å². The molecular weight excluding hydrogens is 278 g/mol. The summed E-state index contributed by atoms with van der Waals surface area (Å²) in [5.74, 6) is 1.46. The van der Waals surface area contributed by atoms with E-state index in [1.807, 2.05) is 18.2 Å². The van der Waals surface area contributed by atoms with Gasteiger partial charge in [-0.2, -0.15) is 0 Å². The van der Waals surface area contributed by atoms with Crippen molar-refractivity contribution in [3.05, 3.63) is 53.9 Å². The number of imidazole rings is 1. The molecule has 4 N–H and O–H groups in total. The van der Waals surface area contributed by atoms with Crippen molar-refractivity contribution in [2.75, 3.05) is 13.1 Å². The Morgan fingerprint density at radius 1 is 0.909 bits per heavy atom. The average molecular weight is 297 g/mol. The lowest BCUT2D eigenvalue weighted by Crippen LogP contribution is -2.20. The maximum atomic E-state index is 9.44. The number of benzene rings is 2. The van der Waals surface area contributed by atoms with Crippen molar-refractivity contribution < 1.29 is 10.2 Å². The predicted octanol–water partition coefficient (Wildman–Crippen LogP) is 2.35. The van der Waals surface area contributed by atoms with Gasteiger partial charge in [-0.1, -0.05) is 12.1 Å². The standard InChI is InChI=1S/C17H19N3O2/c21-13-3-1-12(2-4-13)7-9-18-10-8-17-19-15-6-5-14(22)11-16(15)20-17/h1-6,11,18,21-22H,7-10H2,(H,19,20). The molecule has 2 aromatic carbocycles. The van der Waals surface area contributed by atoms with Gasteiger partial charge in [0, 0.05) is 19.0 Å². The second-order valence-electron chi connectivity index (χ2n) is 5.30. The Kier molecular flexibility index (Phi) is 4.25. The van der Waals surface area contributed by atoms with Crippen molar-refractivity contribution in [1.29, 1.82) is 0 Å². The highest BCUT2D eigenvalue weighted by atomic mass is 16.3. The number of fused-ring (bicyclic) bond motifs is 1. The molecule has 0 spiro atoms. The lowest BCUT2D eigenvalue weighted by Gasteiger charge is -2.04. The van der Waals surface area contributed by atoms with E-state index >= 15 is 0 Å². The first-order valence-corrected chi connectivity index (χ1v) is 7.37. The molecule has 0 radical (unpaired) electrons. The van der Waals surface area contributed by atoms with Gasteiger partial charge in [-0.15, -0.1) is 0 Å². The van der Waals surface area contributed by atoms with E-state index in [0.717, 1.165) is 42.8 Å². The molecule has 1 heterocycles. The van der Waals surface area contributed by atoms with Gasteiger partial charge in [0.15, 0.2) is 0 Å². The summed E-state index contributed by atoms with van der Waals surface area (Å²) in [6.45, 7) is 1.72. The Labute approximate surface area is 128 Å². The number of aromatic nitrogens is 2. The van der Waals surface area contributed by atoms with Crippen molar-refractivity contribution in [3.63, 3.8) is 0 Å². The lowest BCUT2D eigenvalue weighted by atomic mass is 10.1. The molecule has 0 unspecified atom stereocenters. The number of H-pyrrole nitrogens is 1. The van der Waals surface area contributed by atoms with Crippen LogP contribution in [0, 0.1) is 0 Å². The van der Waals surface area contributed by atoms with Gasteiger partial charge < -0.3 is 20.5 Å². The van der Waals surface area contributed by atoms with E-state index in [-0.39, 0.29) is 5.75 Å². The summed E-state index contributed by atoms with van der Waals surface area (Å²) in [6, 6.07) is 12.4. The van der Waals surface area contributed by atoms with Gasteiger partial charge in [0.1, 0.15) is 17.3 Å². The van der Waals surface area contributed by atoms with Crippen LogP contribution in [0.5, 0.6) is 11.5 Å². The average Bonchev–Trinajstić information content (AvgIpc) is 2.90. The Hall–Kier alpha value is -2.53. The third-order valence-electron chi connectivity index (χ3n) is 3.58. The minimum absolute atomic E-state index is 0.245. The van der Waals surface area contributed by atoms with Gasteiger partial charge in [0.05, 0.1) is 11.0 Å². The molecule has 1 aromatic heterocycles. The van der Waals surface area contributed by atoms with E-state index in [1.54, 1.807) is 24.3 Å². The second kappa shape index (κ2) is 6.49. The molecule has 22 heavy (non-hydrogen) atoms. The molecule has 0 fully saturated rings. The zero-order valence-electron chi connectivity index (χ0n) is 12.2. The fourth-order valence-corrected chi connectivity index (χ4v) is 2.40. The van der Waals surface area contributed by atoms with Crippen LogP contribution in [-0.4, -0.2) is 33.3 Å². The number of hydrogen-bond donors (Lipinski definition) is 4. The van der Waals surface area contributed by atoms with E-state index < -0.39 is 0 Å². The highest BCUT2D eigenvalue weighted by molar-refractivity contribution is 5.76. The second-order valence-corrected chi connectivity index (χ2v) is 5.30. The molecule has 0 aliphatic heterocycles. The molecule has 0 aliphatic rings. The van der Waals surface area contributed by atoms with Crippen LogP contribution in [0.25, 0.3) is 11.0 Å². The maximum Gasteiger partial charge on any atom is 0.117 e. The fourth-order valence-electron chi connectivity index (χ4n) is 2.40. The number of phenolic OH excluding ortho intramolecular Hbond substituents is 2. The van der Waals surface area contributed by atoms with Gasteiger partial charge >= 0.3 is 0 Å². The molecule has 5 nitrogen and oxygen atoms in total. The van der Waals surface area contributed by atoms with Gasteiger partial charge in [0.2, 0.25) is 0 Å². The molecule has 114 valence electrons. The van der Waals surface area contributed by atoms with Gasteiger partial charge in [-0.25, -0.2) is 4.98 Å². The first-order chi connectivity index (χ1) is 10.7. The van der Waals surface area contributed by atoms with Crippen molar-refractivity contribution >= 4 is 11.0 Å². The molecule has 3 aromatic rings. The van der Waals surface area contributed by atoms with Gasteiger partial charge in [-0.05, 0) is 42.8 Å². The van der Waals surface area contributed by atoms with E-state index in [4.69, 9.17) is 0 Å². The molecule has 0 saturated carbocycles. The summed E-state index contributed by atoms with van der Waals surface area (Å²) in [7, 11) is 0. The summed E-state index contributed by atoms with van der Waals surface area (Å²) in [6.07, 6.45) is 1.74. The SMILES string of the molecule is Oc1ccc(CCNCCc2nc3ccc(O)cc3[nH]2)cc1. The van der Waals surface area contributed by atoms with Gasteiger partial charge in [-0.3, -0.25) is 0 Å². The van der Waals surface area contributed by atoms with E-state index in [1.165, 1.54) is 5.56 Å². The monoisotopic (exact) mass is 297 g/mol. The minimum Gasteiger partial charge on any atom is -0.508 e. The van der Waals surface area contributed by atoms with Crippen LogP contribution in [0.15, 0.2) is 42.5 Å². The van der Waals surface area contributed by atoms with E-state index in [9.17, 15) is 10.2 Å². The smallest absolute Gasteiger partial charge is 0.117 e. The van der Waals surface area contributed by atoms with Crippen LogP contribution in [0.1, 0.15) is 11.4 Å². The third-order valence-corrected chi connectivity index (χ3v) is 3.58. The van der Waals surface area contributed by atoms with Crippen LogP contribution in [0.2, 0.25) is 0 Å². The molecule has 0 amide bonds. The van der Waals surface area contributed by atoms with Crippen molar-refractivity contribution in [2.45, 2.75) is 12.8 Å². The Morgan fingerprint density at radius 3 is 2.45 bits per heavy atom. The van der Waals surface area contributed by atoms with Crippen LogP contribution >= 0.6 is 0 Å². The molecular formula is C17H19N3O2. The number of aromatic hydroxyl groups is 2. The molecule has 0 saturated heterocycles. The molecule has 0 atom stereocenters. The normalized spacial score (nSPS) is 11.1. The Bertz CT molecular complexity index is 750. The Morgan fingerprint density at radius 2 is 1.64 bits per heavy atom. The number of hydrogen-bond acceptors (Lipinski definition) is 4. The Balaban J connectivity index is 1.45. The molecule has 0 aliphatic carbocycles. The van der Waals surface area contributed by atoms with Crippen molar-refractivity contribution in [1.82, 2.24) is 15.3 Å². The zero-order chi connectivity index (χ0) is 15.4. The van der Waals surface area contributed by atoms with Crippen LogP contribution in [0.3, 0.4) is 0 Å². The summed E-state index contributed by atoms with van der Waals surface area (Å²) in [5.41, 5.74) is 2.93. The summed E-state index contributed by atoms with van der Waals surface area (Å²) in [4.78, 5) is 7.70.